The van der Waals surface area contributed by atoms with Crippen molar-refractivity contribution in [2.75, 3.05) is 0 Å². The molecule has 0 fully saturated rings. The largest absolute Gasteiger partial charge is 0.370 e. The third-order valence-electron chi connectivity index (χ3n) is 3.05. The van der Waals surface area contributed by atoms with Crippen LogP contribution in [0.1, 0.15) is 61.0 Å². The molecule has 0 bridgehead atoms. The number of rotatable bonds is 11. The maximum absolute atomic E-state index is 13.9. The van der Waals surface area contributed by atoms with Gasteiger partial charge in [-0.2, -0.15) is 0 Å². The summed E-state index contributed by atoms with van der Waals surface area (Å²) < 4.78 is 50.7. The summed E-state index contributed by atoms with van der Waals surface area (Å²) in [4.78, 5) is 0. The Morgan fingerprint density at radius 3 is 1.29 bits per heavy atom. The fourth-order valence-electron chi connectivity index (χ4n) is 2.38. The molecule has 6 nitrogen and oxygen atoms in total. The second-order valence-electron chi connectivity index (χ2n) is 7.52. The van der Waals surface area contributed by atoms with Crippen LogP contribution in [0.3, 0.4) is 0 Å². The second-order valence-corrected chi connectivity index (χ2v) is 11.7. The molecule has 1 rings (SSSR count). The summed E-state index contributed by atoms with van der Waals surface area (Å²) in [5, 5.41) is -0.0870. The number of hydrogen-bond acceptors (Lipinski definition) is 6. The Bertz CT molecular complexity index is 657. The van der Waals surface area contributed by atoms with Gasteiger partial charge in [0.1, 0.15) is 0 Å². The van der Waals surface area contributed by atoms with Crippen LogP contribution < -0.4 is 0 Å². The molecule has 0 aliphatic carbocycles. The van der Waals surface area contributed by atoms with E-state index in [2.05, 4.69) is 0 Å². The fraction of sp³-hybridized carbons (Fsp3) is 0.600. The molecule has 160 valence electrons. The van der Waals surface area contributed by atoms with Crippen LogP contribution in [0.15, 0.2) is 35.4 Å². The zero-order chi connectivity index (χ0) is 21.5. The van der Waals surface area contributed by atoms with E-state index in [0.717, 1.165) is 0 Å². The Morgan fingerprint density at radius 1 is 0.679 bits per heavy atom. The summed E-state index contributed by atoms with van der Waals surface area (Å²) in [6, 6.07) is 9.14. The summed E-state index contributed by atoms with van der Waals surface area (Å²) in [5.74, 6) is 0. The minimum Gasteiger partial charge on any atom is -0.302 e. The van der Waals surface area contributed by atoms with Gasteiger partial charge in [-0.3, -0.25) is 9.13 Å². The molecule has 0 saturated heterocycles. The van der Waals surface area contributed by atoms with Crippen molar-refractivity contribution in [3.8, 4) is 0 Å². The molecule has 0 aromatic heterocycles. The lowest BCUT2D eigenvalue weighted by Gasteiger charge is -2.30. The van der Waals surface area contributed by atoms with E-state index in [1.165, 1.54) is 6.08 Å². The molecular formula is C20H34O6P2. The Balaban J connectivity index is 3.72. The molecule has 0 N–H and O–H groups in total. The maximum Gasteiger partial charge on any atom is 0.370 e. The third kappa shape index (κ3) is 7.94. The van der Waals surface area contributed by atoms with Gasteiger partial charge in [0.2, 0.25) is 0 Å². The molecule has 0 aliphatic heterocycles. The Hall–Kier alpha value is -0.740. The number of hydrogen-bond donors (Lipinski definition) is 0. The molecule has 0 unspecified atom stereocenters. The van der Waals surface area contributed by atoms with E-state index in [4.69, 9.17) is 18.1 Å². The van der Waals surface area contributed by atoms with E-state index in [9.17, 15) is 9.13 Å². The molecule has 28 heavy (non-hydrogen) atoms. The van der Waals surface area contributed by atoms with Crippen molar-refractivity contribution in [3.05, 3.63) is 41.0 Å². The van der Waals surface area contributed by atoms with E-state index in [0.29, 0.717) is 5.56 Å². The van der Waals surface area contributed by atoms with Crippen LogP contribution in [0.4, 0.5) is 0 Å². The summed E-state index contributed by atoms with van der Waals surface area (Å²) in [7, 11) is -7.99. The number of benzene rings is 1. The van der Waals surface area contributed by atoms with Gasteiger partial charge in [-0.15, -0.1) is 0 Å². The van der Waals surface area contributed by atoms with E-state index in [1.54, 1.807) is 55.4 Å². The Morgan fingerprint density at radius 2 is 1.00 bits per heavy atom. The van der Waals surface area contributed by atoms with Crippen molar-refractivity contribution in [2.45, 2.75) is 79.8 Å². The van der Waals surface area contributed by atoms with E-state index >= 15 is 0 Å². The van der Waals surface area contributed by atoms with Gasteiger partial charge in [0.05, 0.1) is 24.4 Å². The molecule has 1 aromatic carbocycles. The molecule has 0 saturated carbocycles. The smallest absolute Gasteiger partial charge is 0.302 e. The van der Waals surface area contributed by atoms with Crippen molar-refractivity contribution in [3.63, 3.8) is 0 Å². The Kier molecular flexibility index (Phi) is 9.82. The molecule has 1 aromatic rings. The lowest BCUT2D eigenvalue weighted by Crippen LogP contribution is -2.14. The monoisotopic (exact) mass is 432 g/mol. The standard InChI is InChI=1S/C20H34O6P2/c1-15(2)23-27(21,24-16(3)4)20(14-19-12-10-9-11-13-19)28(22,25-17(5)6)26-18(7)8/h9-18H,1-8H3. The maximum atomic E-state index is 13.9. The minimum atomic E-state index is -3.99. The molecule has 0 aliphatic rings. The van der Waals surface area contributed by atoms with Gasteiger partial charge >= 0.3 is 15.2 Å². The van der Waals surface area contributed by atoms with Crippen LogP contribution in [0.25, 0.3) is 6.08 Å². The normalized spacial score (nSPS) is 13.0. The van der Waals surface area contributed by atoms with Crippen LogP contribution in [-0.4, -0.2) is 24.4 Å². The highest BCUT2D eigenvalue weighted by Crippen LogP contribution is 2.75. The van der Waals surface area contributed by atoms with Gasteiger partial charge in [-0.05, 0) is 67.0 Å². The molecule has 0 spiro atoms. The van der Waals surface area contributed by atoms with Crippen LogP contribution in [-0.2, 0) is 27.2 Å². The highest BCUT2D eigenvalue weighted by atomic mass is 31.2. The third-order valence-corrected chi connectivity index (χ3v) is 8.70. The molecule has 8 heteroatoms. The first kappa shape index (κ1) is 25.3. The van der Waals surface area contributed by atoms with Crippen molar-refractivity contribution >= 4 is 21.3 Å². The van der Waals surface area contributed by atoms with Gasteiger partial charge in [0, 0.05) is 0 Å². The highest BCUT2D eigenvalue weighted by molar-refractivity contribution is 7.79. The SMILES string of the molecule is CC(C)OP(=O)(OC(C)C)C(=Cc1ccccc1)P(=O)(OC(C)C)OC(C)C. The minimum absolute atomic E-state index is 0.0870. The summed E-state index contributed by atoms with van der Waals surface area (Å²) >= 11 is 0. The summed E-state index contributed by atoms with van der Waals surface area (Å²) in [5.41, 5.74) is 0.692. The van der Waals surface area contributed by atoms with E-state index in [1.807, 2.05) is 30.3 Å². The van der Waals surface area contributed by atoms with E-state index in [-0.39, 0.29) is 5.06 Å². The first-order valence-corrected chi connectivity index (χ1v) is 12.7. The fourth-order valence-corrected chi connectivity index (χ4v) is 7.51. The first-order valence-electron chi connectivity index (χ1n) is 9.59. The predicted octanol–water partition coefficient (Wildman–Crippen LogP) is 7.07. The first-order chi connectivity index (χ1) is 12.9. The summed E-state index contributed by atoms with van der Waals surface area (Å²) in [6.07, 6.45) is -0.145. The molecule has 0 amide bonds. The molecular weight excluding hydrogens is 398 g/mol. The van der Waals surface area contributed by atoms with Gasteiger partial charge < -0.3 is 18.1 Å². The van der Waals surface area contributed by atoms with Crippen LogP contribution in [0.2, 0.25) is 0 Å². The van der Waals surface area contributed by atoms with Crippen molar-refractivity contribution in [2.24, 2.45) is 0 Å². The van der Waals surface area contributed by atoms with Crippen molar-refractivity contribution in [1.82, 2.24) is 0 Å². The lowest BCUT2D eigenvalue weighted by atomic mass is 10.2. The van der Waals surface area contributed by atoms with Crippen LogP contribution in [0, 0.1) is 0 Å². The van der Waals surface area contributed by atoms with E-state index < -0.39 is 39.6 Å². The van der Waals surface area contributed by atoms with Gasteiger partial charge in [-0.25, -0.2) is 0 Å². The van der Waals surface area contributed by atoms with Gasteiger partial charge in [0.25, 0.3) is 0 Å². The highest BCUT2D eigenvalue weighted by Gasteiger charge is 2.47. The van der Waals surface area contributed by atoms with Crippen molar-refractivity contribution in [1.29, 1.82) is 0 Å². The predicted molar refractivity (Wildman–Crippen MR) is 115 cm³/mol. The van der Waals surface area contributed by atoms with Crippen LogP contribution in [0.5, 0.6) is 0 Å². The lowest BCUT2D eigenvalue weighted by molar-refractivity contribution is 0.138. The Labute approximate surface area is 169 Å². The zero-order valence-electron chi connectivity index (χ0n) is 18.1. The topological polar surface area (TPSA) is 71.1 Å². The second kappa shape index (κ2) is 10.9. The molecule has 0 atom stereocenters. The zero-order valence-corrected chi connectivity index (χ0v) is 19.9. The quantitative estimate of drug-likeness (QED) is 0.348. The average molecular weight is 432 g/mol. The summed E-state index contributed by atoms with van der Waals surface area (Å²) in [6.45, 7) is 14.0. The van der Waals surface area contributed by atoms with Gasteiger partial charge in [0.15, 0.2) is 5.06 Å². The molecule has 0 heterocycles. The van der Waals surface area contributed by atoms with Gasteiger partial charge in [-0.1, -0.05) is 30.3 Å². The average Bonchev–Trinajstić information content (AvgIpc) is 2.50. The van der Waals surface area contributed by atoms with Crippen LogP contribution >= 0.6 is 15.2 Å². The molecule has 0 radical (unpaired) electrons. The van der Waals surface area contributed by atoms with Crippen molar-refractivity contribution < 1.29 is 27.2 Å².